The van der Waals surface area contributed by atoms with Crippen LogP contribution in [0, 0.1) is 0 Å². The number of ether oxygens (including phenoxy) is 1. The Kier molecular flexibility index (Phi) is 5.65. The minimum atomic E-state index is -4.43. The van der Waals surface area contributed by atoms with E-state index in [0.717, 1.165) is 42.8 Å². The summed E-state index contributed by atoms with van der Waals surface area (Å²) in [7, 11) is 1.62. The SMILES string of the molecule is COCc1cc(N2CCCC(n3ccc(C(F)(F)F)n3)C2)nc(C(C)(C)C)n1. The van der Waals surface area contributed by atoms with Crippen molar-refractivity contribution < 1.29 is 17.9 Å². The first-order valence-electron chi connectivity index (χ1n) is 9.32. The second-order valence-electron chi connectivity index (χ2n) is 8.14. The van der Waals surface area contributed by atoms with Crippen molar-refractivity contribution >= 4 is 5.82 Å². The van der Waals surface area contributed by atoms with Crippen molar-refractivity contribution in [1.82, 2.24) is 19.7 Å². The van der Waals surface area contributed by atoms with Crippen LogP contribution in [0.3, 0.4) is 0 Å². The normalized spacial score (nSPS) is 18.5. The summed E-state index contributed by atoms with van der Waals surface area (Å²) in [4.78, 5) is 11.4. The topological polar surface area (TPSA) is 56.1 Å². The number of hydrogen-bond acceptors (Lipinski definition) is 5. The van der Waals surface area contributed by atoms with Crippen LogP contribution in [0.5, 0.6) is 0 Å². The molecular weight excluding hydrogens is 371 g/mol. The molecule has 6 nitrogen and oxygen atoms in total. The quantitative estimate of drug-likeness (QED) is 0.781. The molecule has 3 rings (SSSR count). The summed E-state index contributed by atoms with van der Waals surface area (Å²) in [6, 6.07) is 2.78. The van der Waals surface area contributed by atoms with E-state index in [1.807, 2.05) is 26.8 Å². The molecule has 0 bridgehead atoms. The average molecular weight is 397 g/mol. The second-order valence-corrected chi connectivity index (χ2v) is 8.14. The molecule has 2 aromatic rings. The lowest BCUT2D eigenvalue weighted by molar-refractivity contribution is -0.141. The largest absolute Gasteiger partial charge is 0.435 e. The van der Waals surface area contributed by atoms with E-state index in [4.69, 9.17) is 9.72 Å². The van der Waals surface area contributed by atoms with Gasteiger partial charge in [0, 0.05) is 37.9 Å². The minimum Gasteiger partial charge on any atom is -0.378 e. The van der Waals surface area contributed by atoms with Crippen LogP contribution in [0.15, 0.2) is 18.3 Å². The number of nitrogens with zero attached hydrogens (tertiary/aromatic N) is 5. The Morgan fingerprint density at radius 3 is 2.57 bits per heavy atom. The highest BCUT2D eigenvalue weighted by atomic mass is 19.4. The smallest absolute Gasteiger partial charge is 0.378 e. The standard InChI is InChI=1S/C19H26F3N5O/c1-18(2,3)17-23-13(12-28-4)10-16(24-17)26-8-5-6-14(11-26)27-9-7-15(25-27)19(20,21)22/h7,9-10,14H,5-6,8,11-12H2,1-4H3. The maximum atomic E-state index is 12.9. The maximum absolute atomic E-state index is 12.9. The molecule has 0 aliphatic carbocycles. The number of rotatable bonds is 4. The summed E-state index contributed by atoms with van der Waals surface area (Å²) >= 11 is 0. The minimum absolute atomic E-state index is 0.135. The first-order valence-corrected chi connectivity index (χ1v) is 9.32. The van der Waals surface area contributed by atoms with E-state index in [1.165, 1.54) is 10.9 Å². The van der Waals surface area contributed by atoms with Gasteiger partial charge in [0.05, 0.1) is 18.3 Å². The molecule has 3 heterocycles. The molecule has 2 aromatic heterocycles. The molecule has 0 amide bonds. The van der Waals surface area contributed by atoms with Crippen LogP contribution in [0.25, 0.3) is 0 Å². The fraction of sp³-hybridized carbons (Fsp3) is 0.632. The number of aromatic nitrogens is 4. The van der Waals surface area contributed by atoms with Crippen molar-refractivity contribution in [3.63, 3.8) is 0 Å². The molecule has 1 unspecified atom stereocenters. The van der Waals surface area contributed by atoms with Gasteiger partial charge in [-0.3, -0.25) is 4.68 Å². The van der Waals surface area contributed by atoms with E-state index < -0.39 is 11.9 Å². The average Bonchev–Trinajstić information content (AvgIpc) is 3.12. The van der Waals surface area contributed by atoms with Crippen LogP contribution in [0.4, 0.5) is 19.0 Å². The molecule has 1 saturated heterocycles. The zero-order chi connectivity index (χ0) is 20.5. The Morgan fingerprint density at radius 2 is 1.96 bits per heavy atom. The van der Waals surface area contributed by atoms with E-state index in [1.54, 1.807) is 7.11 Å². The third-order valence-corrected chi connectivity index (χ3v) is 4.72. The Labute approximate surface area is 162 Å². The van der Waals surface area contributed by atoms with E-state index in [9.17, 15) is 13.2 Å². The van der Waals surface area contributed by atoms with E-state index in [2.05, 4.69) is 15.0 Å². The summed E-state index contributed by atoms with van der Waals surface area (Å²) in [5.74, 6) is 1.50. The molecule has 154 valence electrons. The van der Waals surface area contributed by atoms with Gasteiger partial charge in [-0.1, -0.05) is 20.8 Å². The Balaban J connectivity index is 1.85. The van der Waals surface area contributed by atoms with Crippen molar-refractivity contribution in [3.8, 4) is 0 Å². The summed E-state index contributed by atoms with van der Waals surface area (Å²) in [6.07, 6.45) is -1.39. The Morgan fingerprint density at radius 1 is 1.21 bits per heavy atom. The third-order valence-electron chi connectivity index (χ3n) is 4.72. The van der Waals surface area contributed by atoms with Crippen molar-refractivity contribution in [2.24, 2.45) is 0 Å². The summed E-state index contributed by atoms with van der Waals surface area (Å²) in [6.45, 7) is 7.85. The lowest BCUT2D eigenvalue weighted by Gasteiger charge is -2.34. The molecular formula is C19H26F3N5O. The van der Waals surface area contributed by atoms with E-state index in [-0.39, 0.29) is 11.5 Å². The number of alkyl halides is 3. The fourth-order valence-electron chi connectivity index (χ4n) is 3.27. The Hall–Kier alpha value is -2.16. The van der Waals surface area contributed by atoms with Gasteiger partial charge in [-0.15, -0.1) is 0 Å². The van der Waals surface area contributed by atoms with Crippen molar-refractivity contribution in [3.05, 3.63) is 35.5 Å². The zero-order valence-electron chi connectivity index (χ0n) is 16.6. The number of piperidine rings is 1. The van der Waals surface area contributed by atoms with Crippen molar-refractivity contribution in [2.75, 3.05) is 25.1 Å². The van der Waals surface area contributed by atoms with Gasteiger partial charge in [0.25, 0.3) is 0 Å². The van der Waals surface area contributed by atoms with Gasteiger partial charge in [0.1, 0.15) is 11.6 Å². The first kappa shape index (κ1) is 20.6. The summed E-state index contributed by atoms with van der Waals surface area (Å²) < 4.78 is 45.3. The van der Waals surface area contributed by atoms with Crippen molar-refractivity contribution in [1.29, 1.82) is 0 Å². The maximum Gasteiger partial charge on any atom is 0.435 e. The van der Waals surface area contributed by atoms with Gasteiger partial charge in [0.2, 0.25) is 0 Å². The summed E-state index contributed by atoms with van der Waals surface area (Å²) in [5.41, 5.74) is -0.292. The number of hydrogen-bond donors (Lipinski definition) is 0. The predicted molar refractivity (Wildman–Crippen MR) is 99.2 cm³/mol. The van der Waals surface area contributed by atoms with Crippen LogP contribution in [-0.4, -0.2) is 39.9 Å². The van der Waals surface area contributed by atoms with Gasteiger partial charge < -0.3 is 9.64 Å². The lowest BCUT2D eigenvalue weighted by atomic mass is 9.95. The second kappa shape index (κ2) is 7.69. The van der Waals surface area contributed by atoms with Gasteiger partial charge in [0.15, 0.2) is 5.69 Å². The predicted octanol–water partition coefficient (Wildman–Crippen LogP) is 3.98. The van der Waals surface area contributed by atoms with Crippen LogP contribution in [-0.2, 0) is 22.9 Å². The number of anilines is 1. The molecule has 0 saturated carbocycles. The highest BCUT2D eigenvalue weighted by molar-refractivity contribution is 5.41. The van der Waals surface area contributed by atoms with Gasteiger partial charge in [-0.25, -0.2) is 9.97 Å². The molecule has 1 atom stereocenters. The summed E-state index contributed by atoms with van der Waals surface area (Å²) in [5, 5.41) is 3.75. The van der Waals surface area contributed by atoms with Gasteiger partial charge in [-0.2, -0.15) is 18.3 Å². The van der Waals surface area contributed by atoms with Crippen LogP contribution in [0.2, 0.25) is 0 Å². The molecule has 0 radical (unpaired) electrons. The first-order chi connectivity index (χ1) is 13.1. The van der Waals surface area contributed by atoms with E-state index in [0.29, 0.717) is 13.2 Å². The molecule has 1 aliphatic rings. The molecule has 1 fully saturated rings. The van der Waals surface area contributed by atoms with Crippen molar-refractivity contribution in [2.45, 2.75) is 57.9 Å². The highest BCUT2D eigenvalue weighted by Crippen LogP contribution is 2.31. The fourth-order valence-corrected chi connectivity index (χ4v) is 3.27. The molecule has 9 heteroatoms. The molecule has 0 N–H and O–H groups in total. The zero-order valence-corrected chi connectivity index (χ0v) is 16.6. The van der Waals surface area contributed by atoms with Crippen LogP contribution >= 0.6 is 0 Å². The third kappa shape index (κ3) is 4.63. The highest BCUT2D eigenvalue weighted by Gasteiger charge is 2.34. The van der Waals surface area contributed by atoms with Crippen LogP contribution in [0.1, 0.15) is 56.9 Å². The molecule has 0 spiro atoms. The van der Waals surface area contributed by atoms with Gasteiger partial charge in [-0.05, 0) is 18.9 Å². The number of methoxy groups -OCH3 is 1. The van der Waals surface area contributed by atoms with Gasteiger partial charge >= 0.3 is 6.18 Å². The lowest BCUT2D eigenvalue weighted by Crippen LogP contribution is -2.38. The van der Waals surface area contributed by atoms with E-state index >= 15 is 0 Å². The van der Waals surface area contributed by atoms with Crippen LogP contribution < -0.4 is 4.90 Å². The molecule has 28 heavy (non-hydrogen) atoms. The molecule has 1 aliphatic heterocycles. The monoisotopic (exact) mass is 397 g/mol. The molecule has 0 aromatic carbocycles. The Bertz CT molecular complexity index is 813. The number of halogens is 3.